The van der Waals surface area contributed by atoms with Gasteiger partial charge in [0.05, 0.1) is 20.3 Å². The van der Waals surface area contributed by atoms with E-state index in [-0.39, 0.29) is 5.28 Å². The van der Waals surface area contributed by atoms with Gasteiger partial charge in [0.15, 0.2) is 11.3 Å². The predicted molar refractivity (Wildman–Crippen MR) is 69.7 cm³/mol. The van der Waals surface area contributed by atoms with Crippen LogP contribution in [0.5, 0.6) is 5.88 Å². The maximum absolute atomic E-state index is 5.98. The smallest absolute Gasteiger partial charge is 0.243 e. The van der Waals surface area contributed by atoms with Crippen molar-refractivity contribution >= 4 is 28.5 Å². The van der Waals surface area contributed by atoms with E-state index in [4.69, 9.17) is 21.1 Å². The third-order valence-corrected chi connectivity index (χ3v) is 3.08. The second-order valence-corrected chi connectivity index (χ2v) is 4.33. The van der Waals surface area contributed by atoms with Crippen molar-refractivity contribution in [1.82, 2.24) is 19.9 Å². The summed E-state index contributed by atoms with van der Waals surface area (Å²) in [4.78, 5) is 18.8. The molecule has 1 fully saturated rings. The number of ether oxygens (including phenoxy) is 2. The molecule has 0 bridgehead atoms. The van der Waals surface area contributed by atoms with Crippen LogP contribution < -0.4 is 9.64 Å². The van der Waals surface area contributed by atoms with E-state index in [0.29, 0.717) is 35.9 Å². The number of halogens is 1. The van der Waals surface area contributed by atoms with Crippen LogP contribution in [-0.4, -0.2) is 53.3 Å². The molecule has 0 spiro atoms. The van der Waals surface area contributed by atoms with Gasteiger partial charge in [-0.15, -0.1) is 0 Å². The van der Waals surface area contributed by atoms with Crippen molar-refractivity contribution in [3.8, 4) is 5.88 Å². The standard InChI is InChI=1S/C11H12ClN5O2/c1-18-10-8-7(13-6-14-10)9(16-11(12)15-8)17-2-4-19-5-3-17/h6H,2-5H2,1H3. The maximum atomic E-state index is 5.98. The molecule has 100 valence electrons. The van der Waals surface area contributed by atoms with Crippen LogP contribution in [0.1, 0.15) is 0 Å². The van der Waals surface area contributed by atoms with Crippen molar-refractivity contribution in [2.75, 3.05) is 38.3 Å². The van der Waals surface area contributed by atoms with E-state index in [1.54, 1.807) is 0 Å². The van der Waals surface area contributed by atoms with E-state index < -0.39 is 0 Å². The Bertz CT molecular complexity index is 603. The lowest BCUT2D eigenvalue weighted by Gasteiger charge is -2.28. The average molecular weight is 282 g/mol. The number of hydrogen-bond donors (Lipinski definition) is 0. The number of methoxy groups -OCH3 is 1. The average Bonchev–Trinajstić information content (AvgIpc) is 2.46. The Hall–Kier alpha value is -1.73. The van der Waals surface area contributed by atoms with E-state index in [1.807, 2.05) is 0 Å². The number of morpholine rings is 1. The van der Waals surface area contributed by atoms with Crippen molar-refractivity contribution in [3.05, 3.63) is 11.6 Å². The van der Waals surface area contributed by atoms with Gasteiger partial charge in [-0.3, -0.25) is 0 Å². The molecular formula is C11H12ClN5O2. The van der Waals surface area contributed by atoms with Crippen LogP contribution in [0.4, 0.5) is 5.82 Å². The highest BCUT2D eigenvalue weighted by atomic mass is 35.5. The molecule has 1 aliphatic rings. The summed E-state index contributed by atoms with van der Waals surface area (Å²) in [6, 6.07) is 0. The predicted octanol–water partition coefficient (Wildman–Crippen LogP) is 0.918. The number of nitrogens with zero attached hydrogens (tertiary/aromatic N) is 5. The van der Waals surface area contributed by atoms with E-state index in [9.17, 15) is 0 Å². The van der Waals surface area contributed by atoms with Gasteiger partial charge in [-0.05, 0) is 11.6 Å². The molecule has 2 aromatic rings. The second kappa shape index (κ2) is 5.10. The molecule has 0 amide bonds. The summed E-state index contributed by atoms with van der Waals surface area (Å²) in [5.41, 5.74) is 1.16. The van der Waals surface area contributed by atoms with Crippen molar-refractivity contribution in [2.24, 2.45) is 0 Å². The lowest BCUT2D eigenvalue weighted by Crippen LogP contribution is -2.37. The number of fused-ring (bicyclic) bond motifs is 1. The van der Waals surface area contributed by atoms with Gasteiger partial charge in [0.1, 0.15) is 11.8 Å². The first-order valence-corrected chi connectivity index (χ1v) is 6.22. The molecule has 7 nitrogen and oxygen atoms in total. The number of anilines is 1. The molecular weight excluding hydrogens is 270 g/mol. The van der Waals surface area contributed by atoms with Crippen LogP contribution in [0.15, 0.2) is 6.33 Å². The highest BCUT2D eigenvalue weighted by molar-refractivity contribution is 6.28. The molecule has 1 saturated heterocycles. The first-order chi connectivity index (χ1) is 9.29. The van der Waals surface area contributed by atoms with E-state index in [2.05, 4.69) is 24.8 Å². The third-order valence-electron chi connectivity index (χ3n) is 2.91. The van der Waals surface area contributed by atoms with Gasteiger partial charge >= 0.3 is 0 Å². The second-order valence-electron chi connectivity index (χ2n) is 4.00. The van der Waals surface area contributed by atoms with Gasteiger partial charge in [0, 0.05) is 13.1 Å². The molecule has 0 atom stereocenters. The molecule has 0 aliphatic carbocycles. The topological polar surface area (TPSA) is 73.3 Å². The summed E-state index contributed by atoms with van der Waals surface area (Å²) < 4.78 is 10.5. The fraction of sp³-hybridized carbons (Fsp3) is 0.455. The Morgan fingerprint density at radius 2 is 2.00 bits per heavy atom. The summed E-state index contributed by atoms with van der Waals surface area (Å²) >= 11 is 5.98. The van der Waals surface area contributed by atoms with Gasteiger partial charge < -0.3 is 14.4 Å². The molecule has 0 unspecified atom stereocenters. The summed E-state index contributed by atoms with van der Waals surface area (Å²) in [5.74, 6) is 1.09. The Morgan fingerprint density at radius 3 is 2.74 bits per heavy atom. The Balaban J connectivity index is 2.17. The van der Waals surface area contributed by atoms with Gasteiger partial charge in [0.25, 0.3) is 0 Å². The molecule has 1 aliphatic heterocycles. The molecule has 0 aromatic carbocycles. The molecule has 0 saturated carbocycles. The number of rotatable bonds is 2. The Kier molecular flexibility index (Phi) is 3.31. The molecule has 2 aromatic heterocycles. The first-order valence-electron chi connectivity index (χ1n) is 5.84. The van der Waals surface area contributed by atoms with Gasteiger partial charge in [-0.1, -0.05) is 0 Å². The highest BCUT2D eigenvalue weighted by Crippen LogP contribution is 2.28. The van der Waals surface area contributed by atoms with Crippen LogP contribution in [-0.2, 0) is 4.74 Å². The van der Waals surface area contributed by atoms with Gasteiger partial charge in [-0.2, -0.15) is 9.97 Å². The molecule has 0 radical (unpaired) electrons. The molecule has 3 heterocycles. The van der Waals surface area contributed by atoms with Crippen LogP contribution >= 0.6 is 11.6 Å². The minimum absolute atomic E-state index is 0.155. The number of aromatic nitrogens is 4. The number of hydrogen-bond acceptors (Lipinski definition) is 7. The highest BCUT2D eigenvalue weighted by Gasteiger charge is 2.20. The van der Waals surface area contributed by atoms with Gasteiger partial charge in [0.2, 0.25) is 11.2 Å². The molecule has 8 heteroatoms. The zero-order valence-corrected chi connectivity index (χ0v) is 11.1. The summed E-state index contributed by atoms with van der Waals surface area (Å²) in [6.45, 7) is 2.81. The van der Waals surface area contributed by atoms with E-state index in [0.717, 1.165) is 13.1 Å². The Morgan fingerprint density at radius 1 is 1.21 bits per heavy atom. The van der Waals surface area contributed by atoms with Crippen molar-refractivity contribution in [1.29, 1.82) is 0 Å². The lowest BCUT2D eigenvalue weighted by molar-refractivity contribution is 0.122. The van der Waals surface area contributed by atoms with E-state index in [1.165, 1.54) is 13.4 Å². The van der Waals surface area contributed by atoms with Crippen molar-refractivity contribution in [2.45, 2.75) is 0 Å². The monoisotopic (exact) mass is 281 g/mol. The van der Waals surface area contributed by atoms with Crippen molar-refractivity contribution < 1.29 is 9.47 Å². The summed E-state index contributed by atoms with van der Waals surface area (Å²) in [6.07, 6.45) is 1.43. The first kappa shape index (κ1) is 12.3. The summed E-state index contributed by atoms with van der Waals surface area (Å²) in [7, 11) is 1.53. The normalized spacial score (nSPS) is 15.8. The lowest BCUT2D eigenvalue weighted by atomic mass is 10.3. The minimum Gasteiger partial charge on any atom is -0.479 e. The SMILES string of the molecule is COc1ncnc2c(N3CCOCC3)nc(Cl)nc12. The van der Waals surface area contributed by atoms with Crippen molar-refractivity contribution in [3.63, 3.8) is 0 Å². The quantitative estimate of drug-likeness (QED) is 0.758. The molecule has 3 rings (SSSR count). The van der Waals surface area contributed by atoms with Crippen LogP contribution in [0.3, 0.4) is 0 Å². The fourth-order valence-electron chi connectivity index (χ4n) is 2.03. The van der Waals surface area contributed by atoms with Crippen LogP contribution in [0.25, 0.3) is 11.0 Å². The third kappa shape index (κ3) is 2.26. The van der Waals surface area contributed by atoms with Crippen LogP contribution in [0, 0.1) is 0 Å². The molecule has 0 N–H and O–H groups in total. The van der Waals surface area contributed by atoms with Gasteiger partial charge in [-0.25, -0.2) is 9.97 Å². The largest absolute Gasteiger partial charge is 0.479 e. The fourth-order valence-corrected chi connectivity index (χ4v) is 2.19. The minimum atomic E-state index is 0.155. The van der Waals surface area contributed by atoms with E-state index >= 15 is 0 Å². The molecule has 19 heavy (non-hydrogen) atoms. The maximum Gasteiger partial charge on any atom is 0.243 e. The Labute approximate surface area is 114 Å². The van der Waals surface area contributed by atoms with Crippen LogP contribution in [0.2, 0.25) is 5.28 Å². The zero-order chi connectivity index (χ0) is 13.2. The zero-order valence-electron chi connectivity index (χ0n) is 10.3. The summed E-state index contributed by atoms with van der Waals surface area (Å²) in [5, 5.41) is 0.155.